The molecule has 0 saturated carbocycles. The number of ketones is 1. The lowest BCUT2D eigenvalue weighted by molar-refractivity contribution is -0.132. The molecule has 0 bridgehead atoms. The lowest BCUT2D eigenvalue weighted by Gasteiger charge is -2.26. The van der Waals surface area contributed by atoms with Crippen molar-refractivity contribution in [3.05, 3.63) is 88.5 Å². The van der Waals surface area contributed by atoms with Gasteiger partial charge in [0.25, 0.3) is 11.7 Å². The van der Waals surface area contributed by atoms with Crippen molar-refractivity contribution in [1.82, 2.24) is 0 Å². The predicted octanol–water partition coefficient (Wildman–Crippen LogP) is 5.33. The van der Waals surface area contributed by atoms with Crippen LogP contribution in [-0.4, -0.2) is 36.4 Å². The number of halogens is 1. The summed E-state index contributed by atoms with van der Waals surface area (Å²) in [4.78, 5) is 39.7. The van der Waals surface area contributed by atoms with Gasteiger partial charge in [0, 0.05) is 23.9 Å². The van der Waals surface area contributed by atoms with Gasteiger partial charge in [0.05, 0.1) is 30.4 Å². The molecule has 1 saturated heterocycles. The van der Waals surface area contributed by atoms with Crippen molar-refractivity contribution in [2.24, 2.45) is 0 Å². The summed E-state index contributed by atoms with van der Waals surface area (Å²) in [7, 11) is 1.53. The van der Waals surface area contributed by atoms with E-state index in [-0.39, 0.29) is 22.8 Å². The Morgan fingerprint density at radius 3 is 2.46 bits per heavy atom. The van der Waals surface area contributed by atoms with Crippen molar-refractivity contribution in [2.75, 3.05) is 23.9 Å². The van der Waals surface area contributed by atoms with Crippen molar-refractivity contribution < 1.29 is 29.0 Å². The zero-order valence-corrected chi connectivity index (χ0v) is 21.2. The summed E-state index contributed by atoms with van der Waals surface area (Å²) >= 11 is 6.20. The summed E-state index contributed by atoms with van der Waals surface area (Å²) in [5, 5.41) is 14.4. The third-order valence-electron chi connectivity index (χ3n) is 5.83. The molecule has 3 aromatic carbocycles. The molecule has 9 heteroatoms. The number of ether oxygens (including phenoxy) is 2. The Morgan fingerprint density at radius 2 is 1.81 bits per heavy atom. The molecule has 37 heavy (non-hydrogen) atoms. The number of amides is 2. The van der Waals surface area contributed by atoms with Gasteiger partial charge in [-0.05, 0) is 61.0 Å². The number of nitrogens with zero attached hydrogens (tertiary/aromatic N) is 1. The number of benzene rings is 3. The Balaban J connectivity index is 1.91. The second kappa shape index (κ2) is 10.8. The van der Waals surface area contributed by atoms with Crippen LogP contribution in [0.1, 0.15) is 31.0 Å². The summed E-state index contributed by atoms with van der Waals surface area (Å²) in [5.74, 6) is -1.38. The maximum atomic E-state index is 13.4. The first-order chi connectivity index (χ1) is 17.7. The standard InChI is InChI=1S/C28H25ClN2O6/c1-4-37-23-14-18(10-13-22(23)29)26(33)24-25(17-8-11-21(36-3)12-9-17)31(28(35)27(24)34)20-7-5-6-19(15-20)30-16(2)32/h5-15,25,33H,4H2,1-3H3,(H,30,32)/b26-24+. The van der Waals surface area contributed by atoms with Crippen molar-refractivity contribution in [3.8, 4) is 11.5 Å². The fourth-order valence-corrected chi connectivity index (χ4v) is 4.38. The van der Waals surface area contributed by atoms with Gasteiger partial charge in [-0.15, -0.1) is 0 Å². The zero-order chi connectivity index (χ0) is 26.7. The van der Waals surface area contributed by atoms with Crippen LogP contribution in [0.25, 0.3) is 5.76 Å². The number of anilines is 2. The quantitative estimate of drug-likeness (QED) is 0.248. The van der Waals surface area contributed by atoms with E-state index < -0.39 is 17.7 Å². The highest BCUT2D eigenvalue weighted by Gasteiger charge is 2.47. The molecule has 2 amide bonds. The molecule has 2 N–H and O–H groups in total. The fourth-order valence-electron chi connectivity index (χ4n) is 4.21. The van der Waals surface area contributed by atoms with Crippen LogP contribution < -0.4 is 19.7 Å². The summed E-state index contributed by atoms with van der Waals surface area (Å²) < 4.78 is 10.8. The lowest BCUT2D eigenvalue weighted by atomic mass is 9.95. The minimum Gasteiger partial charge on any atom is -0.507 e. The number of hydrogen-bond acceptors (Lipinski definition) is 6. The third-order valence-corrected chi connectivity index (χ3v) is 6.14. The zero-order valence-electron chi connectivity index (χ0n) is 20.4. The summed E-state index contributed by atoms with van der Waals surface area (Å²) in [6.07, 6.45) is 0. The normalized spacial score (nSPS) is 16.5. The number of rotatable bonds is 7. The second-order valence-corrected chi connectivity index (χ2v) is 8.66. The first kappa shape index (κ1) is 25.8. The number of carbonyl (C=O) groups excluding carboxylic acids is 3. The van der Waals surface area contributed by atoms with E-state index in [4.69, 9.17) is 21.1 Å². The van der Waals surface area contributed by atoms with Crippen molar-refractivity contribution in [1.29, 1.82) is 0 Å². The molecule has 1 aliphatic heterocycles. The van der Waals surface area contributed by atoms with Crippen LogP contribution in [0.5, 0.6) is 11.5 Å². The minimum atomic E-state index is -0.954. The molecule has 3 aromatic rings. The van der Waals surface area contributed by atoms with Gasteiger partial charge in [0.1, 0.15) is 17.3 Å². The van der Waals surface area contributed by atoms with Crippen LogP contribution in [0.15, 0.2) is 72.3 Å². The van der Waals surface area contributed by atoms with Crippen LogP contribution in [-0.2, 0) is 14.4 Å². The molecule has 1 unspecified atom stereocenters. The average Bonchev–Trinajstić information content (AvgIpc) is 3.15. The van der Waals surface area contributed by atoms with Gasteiger partial charge < -0.3 is 19.9 Å². The van der Waals surface area contributed by atoms with E-state index in [0.29, 0.717) is 40.1 Å². The third kappa shape index (κ3) is 5.15. The highest BCUT2D eigenvalue weighted by atomic mass is 35.5. The molecule has 1 atom stereocenters. The maximum absolute atomic E-state index is 13.4. The predicted molar refractivity (Wildman–Crippen MR) is 141 cm³/mol. The van der Waals surface area contributed by atoms with Gasteiger partial charge in [-0.2, -0.15) is 0 Å². The molecular weight excluding hydrogens is 496 g/mol. The van der Waals surface area contributed by atoms with E-state index in [0.717, 1.165) is 0 Å². The first-order valence-corrected chi connectivity index (χ1v) is 11.9. The van der Waals surface area contributed by atoms with Gasteiger partial charge in [0.15, 0.2) is 0 Å². The van der Waals surface area contributed by atoms with E-state index >= 15 is 0 Å². The highest BCUT2D eigenvalue weighted by Crippen LogP contribution is 2.43. The summed E-state index contributed by atoms with van der Waals surface area (Å²) in [6.45, 7) is 3.52. The van der Waals surface area contributed by atoms with Gasteiger partial charge >= 0.3 is 0 Å². The highest BCUT2D eigenvalue weighted by molar-refractivity contribution is 6.51. The van der Waals surface area contributed by atoms with E-state index in [2.05, 4.69) is 5.32 Å². The van der Waals surface area contributed by atoms with Gasteiger partial charge in [-0.3, -0.25) is 19.3 Å². The van der Waals surface area contributed by atoms with Crippen LogP contribution in [0.3, 0.4) is 0 Å². The molecule has 0 aromatic heterocycles. The fraction of sp³-hybridized carbons (Fsp3) is 0.179. The van der Waals surface area contributed by atoms with Crippen LogP contribution >= 0.6 is 11.6 Å². The Hall–Kier alpha value is -4.30. The molecule has 1 aliphatic rings. The maximum Gasteiger partial charge on any atom is 0.300 e. The molecule has 0 spiro atoms. The number of nitrogens with one attached hydrogen (secondary N) is 1. The molecule has 190 valence electrons. The lowest BCUT2D eigenvalue weighted by Crippen LogP contribution is -2.29. The topological polar surface area (TPSA) is 105 Å². The minimum absolute atomic E-state index is 0.0927. The average molecular weight is 521 g/mol. The Bertz CT molecular complexity index is 1400. The van der Waals surface area contributed by atoms with E-state index in [1.165, 1.54) is 25.0 Å². The van der Waals surface area contributed by atoms with Gasteiger partial charge in [0.2, 0.25) is 5.91 Å². The molecule has 0 radical (unpaired) electrons. The van der Waals surface area contributed by atoms with E-state index in [9.17, 15) is 19.5 Å². The Kier molecular flexibility index (Phi) is 7.50. The SMILES string of the molecule is CCOc1cc(/C(O)=C2\C(=O)C(=O)N(c3cccc(NC(C)=O)c3)C2c2ccc(OC)cc2)ccc1Cl. The molecule has 4 rings (SSSR count). The number of Topliss-reactive ketones (excluding diaryl/α,β-unsaturated/α-hetero) is 1. The van der Waals surface area contributed by atoms with Crippen LogP contribution in [0.2, 0.25) is 5.02 Å². The molecule has 8 nitrogen and oxygen atoms in total. The molecule has 1 heterocycles. The summed E-state index contributed by atoms with van der Waals surface area (Å²) in [5.41, 5.74) is 1.59. The van der Waals surface area contributed by atoms with Crippen molar-refractivity contribution in [2.45, 2.75) is 19.9 Å². The number of aliphatic hydroxyl groups is 1. The summed E-state index contributed by atoms with van der Waals surface area (Å²) in [6, 6.07) is 17.1. The molecule has 1 fully saturated rings. The number of hydrogen-bond donors (Lipinski definition) is 2. The van der Waals surface area contributed by atoms with Gasteiger partial charge in [-0.1, -0.05) is 29.8 Å². The second-order valence-electron chi connectivity index (χ2n) is 8.25. The largest absolute Gasteiger partial charge is 0.507 e. The van der Waals surface area contributed by atoms with Crippen molar-refractivity contribution in [3.63, 3.8) is 0 Å². The smallest absolute Gasteiger partial charge is 0.300 e. The van der Waals surface area contributed by atoms with Crippen molar-refractivity contribution >= 4 is 46.3 Å². The molecule has 0 aliphatic carbocycles. The van der Waals surface area contributed by atoms with Crippen LogP contribution in [0, 0.1) is 0 Å². The van der Waals surface area contributed by atoms with Gasteiger partial charge in [-0.25, -0.2) is 0 Å². The van der Waals surface area contributed by atoms with E-state index in [1.807, 2.05) is 0 Å². The Labute approximate surface area is 219 Å². The first-order valence-electron chi connectivity index (χ1n) is 11.5. The van der Waals surface area contributed by atoms with Crippen LogP contribution in [0.4, 0.5) is 11.4 Å². The number of aliphatic hydroxyl groups excluding tert-OH is 1. The number of carbonyl (C=O) groups is 3. The monoisotopic (exact) mass is 520 g/mol. The molecular formula is C28H25ClN2O6. The number of methoxy groups -OCH3 is 1. The van der Waals surface area contributed by atoms with E-state index in [1.54, 1.807) is 67.6 Å². The Morgan fingerprint density at radius 1 is 1.08 bits per heavy atom.